The molecule has 1 N–H and O–H groups in total. The minimum atomic E-state index is -0.919. The summed E-state index contributed by atoms with van der Waals surface area (Å²) in [7, 11) is 0. The number of fused-ring (bicyclic) bond motifs is 1. The first-order valence-corrected chi connectivity index (χ1v) is 10.3. The van der Waals surface area contributed by atoms with Crippen LogP contribution in [-0.4, -0.2) is 22.7 Å². The first-order chi connectivity index (χ1) is 14.1. The Morgan fingerprint density at radius 1 is 1.17 bits per heavy atom. The van der Waals surface area contributed by atoms with E-state index in [2.05, 4.69) is 17.1 Å². The van der Waals surface area contributed by atoms with Crippen LogP contribution in [0.5, 0.6) is 5.75 Å². The Balaban J connectivity index is 1.48. The number of halogens is 1. The smallest absolute Gasteiger partial charge is 0.336 e. The summed E-state index contributed by atoms with van der Waals surface area (Å²) in [5.41, 5.74) is 2.23. The van der Waals surface area contributed by atoms with Crippen LogP contribution in [-0.2, 0) is 6.42 Å². The lowest BCUT2D eigenvalue weighted by Crippen LogP contribution is -2.15. The molecular formula is C23H20FNO3S. The van der Waals surface area contributed by atoms with Gasteiger partial charge in [-0.3, -0.25) is 4.98 Å². The van der Waals surface area contributed by atoms with Crippen LogP contribution >= 0.6 is 11.8 Å². The number of carbonyl (C=O) groups is 1. The molecule has 0 aliphatic carbocycles. The second-order valence-corrected chi connectivity index (χ2v) is 8.11. The van der Waals surface area contributed by atoms with Crippen LogP contribution in [0, 0.1) is 5.82 Å². The van der Waals surface area contributed by atoms with Crippen LogP contribution < -0.4 is 4.74 Å². The van der Waals surface area contributed by atoms with Gasteiger partial charge in [0.2, 0.25) is 0 Å². The molecule has 1 atom stereocenters. The van der Waals surface area contributed by atoms with E-state index in [1.165, 1.54) is 18.3 Å². The van der Waals surface area contributed by atoms with Crippen LogP contribution in [0.25, 0.3) is 0 Å². The van der Waals surface area contributed by atoms with Crippen molar-refractivity contribution in [3.05, 3.63) is 83.4 Å². The first kappa shape index (κ1) is 19.5. The molecule has 1 aromatic heterocycles. The van der Waals surface area contributed by atoms with E-state index in [-0.39, 0.29) is 5.82 Å². The average Bonchev–Trinajstić information content (AvgIpc) is 2.74. The van der Waals surface area contributed by atoms with Crippen molar-refractivity contribution in [2.24, 2.45) is 0 Å². The van der Waals surface area contributed by atoms with Gasteiger partial charge >= 0.3 is 5.97 Å². The third-order valence-electron chi connectivity index (χ3n) is 5.09. The zero-order valence-electron chi connectivity index (χ0n) is 15.7. The topological polar surface area (TPSA) is 59.4 Å². The number of pyridine rings is 1. The molecule has 0 saturated carbocycles. The Morgan fingerprint density at radius 2 is 1.97 bits per heavy atom. The molecule has 2 heterocycles. The number of ether oxygens (including phenoxy) is 1. The summed E-state index contributed by atoms with van der Waals surface area (Å²) < 4.78 is 19.0. The van der Waals surface area contributed by atoms with E-state index in [1.54, 1.807) is 36.2 Å². The van der Waals surface area contributed by atoms with E-state index < -0.39 is 5.97 Å². The zero-order chi connectivity index (χ0) is 20.2. The summed E-state index contributed by atoms with van der Waals surface area (Å²) in [4.78, 5) is 17.5. The fourth-order valence-electron chi connectivity index (χ4n) is 3.61. The molecule has 4 nitrogen and oxygen atoms in total. The van der Waals surface area contributed by atoms with E-state index >= 15 is 0 Å². The predicted octanol–water partition coefficient (Wildman–Crippen LogP) is 5.57. The van der Waals surface area contributed by atoms with Gasteiger partial charge in [-0.15, -0.1) is 0 Å². The van der Waals surface area contributed by atoms with Crippen LogP contribution in [0.3, 0.4) is 0 Å². The Labute approximate surface area is 172 Å². The summed E-state index contributed by atoms with van der Waals surface area (Å²) in [6, 6.07) is 14.2. The van der Waals surface area contributed by atoms with Gasteiger partial charge < -0.3 is 9.84 Å². The van der Waals surface area contributed by atoms with Crippen LogP contribution in [0.4, 0.5) is 4.39 Å². The molecule has 29 heavy (non-hydrogen) atoms. The molecular weight excluding hydrogens is 389 g/mol. The predicted molar refractivity (Wildman–Crippen MR) is 109 cm³/mol. The fourth-order valence-corrected chi connectivity index (χ4v) is 4.46. The van der Waals surface area contributed by atoms with E-state index in [1.807, 2.05) is 6.07 Å². The van der Waals surface area contributed by atoms with Gasteiger partial charge in [0.15, 0.2) is 0 Å². The van der Waals surface area contributed by atoms with Crippen molar-refractivity contribution >= 4 is 17.7 Å². The van der Waals surface area contributed by atoms with E-state index in [0.29, 0.717) is 24.5 Å². The maximum atomic E-state index is 13.1. The second-order valence-electron chi connectivity index (χ2n) is 6.97. The normalized spacial score (nSPS) is 15.4. The minimum absolute atomic E-state index is 0.245. The highest BCUT2D eigenvalue weighted by atomic mass is 32.2. The maximum absolute atomic E-state index is 13.1. The quantitative estimate of drug-likeness (QED) is 0.577. The summed E-state index contributed by atoms with van der Waals surface area (Å²) in [6.07, 6.45) is 5.56. The molecule has 1 aliphatic heterocycles. The third-order valence-corrected chi connectivity index (χ3v) is 6.09. The molecule has 0 unspecified atom stereocenters. The highest BCUT2D eigenvalue weighted by Gasteiger charge is 2.22. The lowest BCUT2D eigenvalue weighted by atomic mass is 9.87. The molecule has 2 aromatic carbocycles. The Morgan fingerprint density at radius 3 is 2.76 bits per heavy atom. The molecule has 0 bridgehead atoms. The molecule has 0 saturated heterocycles. The largest absolute Gasteiger partial charge is 0.493 e. The molecule has 1 aliphatic rings. The molecule has 3 aromatic rings. The van der Waals surface area contributed by atoms with Crippen molar-refractivity contribution in [2.45, 2.75) is 35.0 Å². The van der Waals surface area contributed by atoms with E-state index in [9.17, 15) is 14.3 Å². The van der Waals surface area contributed by atoms with Crippen molar-refractivity contribution in [1.29, 1.82) is 0 Å². The lowest BCUT2D eigenvalue weighted by molar-refractivity contribution is 0.0695. The maximum Gasteiger partial charge on any atom is 0.336 e. The minimum Gasteiger partial charge on any atom is -0.493 e. The van der Waals surface area contributed by atoms with E-state index in [4.69, 9.17) is 4.74 Å². The molecule has 148 valence electrons. The number of rotatable bonds is 6. The van der Waals surface area contributed by atoms with Crippen molar-refractivity contribution in [2.75, 3.05) is 6.61 Å². The van der Waals surface area contributed by atoms with Gasteiger partial charge in [0, 0.05) is 22.2 Å². The van der Waals surface area contributed by atoms with Gasteiger partial charge in [-0.05, 0) is 78.8 Å². The van der Waals surface area contributed by atoms with Gasteiger partial charge in [0.05, 0.1) is 12.2 Å². The second kappa shape index (κ2) is 8.66. The zero-order valence-corrected chi connectivity index (χ0v) is 16.5. The average molecular weight is 409 g/mol. The number of aromatic nitrogens is 1. The fraction of sp³-hybridized carbons (Fsp3) is 0.217. The van der Waals surface area contributed by atoms with Crippen molar-refractivity contribution in [3.63, 3.8) is 0 Å². The number of aryl methyl sites for hydroxylation is 1. The van der Waals surface area contributed by atoms with Crippen LogP contribution in [0.2, 0.25) is 0 Å². The molecule has 0 amide bonds. The molecule has 0 spiro atoms. The molecule has 0 fully saturated rings. The first-order valence-electron chi connectivity index (χ1n) is 9.46. The van der Waals surface area contributed by atoms with Gasteiger partial charge in [-0.2, -0.15) is 0 Å². The SMILES string of the molecule is O=C(O)c1ccncc1CC[C@@H]1CCOc2cc(Sc3ccc(F)cc3)ccc21. The number of hydrogen-bond donors (Lipinski definition) is 1. The van der Waals surface area contributed by atoms with Crippen molar-refractivity contribution in [1.82, 2.24) is 4.98 Å². The Bertz CT molecular complexity index is 1020. The number of aromatic carboxylic acids is 1. The van der Waals surface area contributed by atoms with Gasteiger partial charge in [0.1, 0.15) is 11.6 Å². The monoisotopic (exact) mass is 409 g/mol. The summed E-state index contributed by atoms with van der Waals surface area (Å²) in [6.45, 7) is 0.640. The van der Waals surface area contributed by atoms with Crippen molar-refractivity contribution in [3.8, 4) is 5.75 Å². The summed E-state index contributed by atoms with van der Waals surface area (Å²) >= 11 is 1.57. The highest BCUT2D eigenvalue weighted by molar-refractivity contribution is 7.99. The van der Waals surface area contributed by atoms with Gasteiger partial charge in [-0.1, -0.05) is 17.8 Å². The highest BCUT2D eigenvalue weighted by Crippen LogP contribution is 2.40. The van der Waals surface area contributed by atoms with Crippen LogP contribution in [0.1, 0.15) is 40.2 Å². The summed E-state index contributed by atoms with van der Waals surface area (Å²) in [5.74, 6) is 0.0198. The summed E-state index contributed by atoms with van der Waals surface area (Å²) in [5, 5.41) is 9.36. The number of hydrogen-bond acceptors (Lipinski definition) is 4. The lowest BCUT2D eigenvalue weighted by Gasteiger charge is -2.26. The van der Waals surface area contributed by atoms with Gasteiger partial charge in [-0.25, -0.2) is 9.18 Å². The van der Waals surface area contributed by atoms with Crippen molar-refractivity contribution < 1.29 is 19.0 Å². The molecule has 6 heteroatoms. The number of carboxylic acid groups (broad SMARTS) is 1. The molecule has 4 rings (SSSR count). The van der Waals surface area contributed by atoms with Gasteiger partial charge in [0.25, 0.3) is 0 Å². The number of nitrogens with zero attached hydrogens (tertiary/aromatic N) is 1. The Hall–Kier alpha value is -2.86. The molecule has 0 radical (unpaired) electrons. The Kier molecular flexibility index (Phi) is 5.81. The third kappa shape index (κ3) is 4.59. The standard InChI is InChI=1S/C23H20FNO3S/c24-17-3-5-18(6-4-17)29-19-7-8-20-15(10-12-28-22(20)13-19)1-2-16-14-25-11-9-21(16)23(26)27/h3-9,11,13-15H,1-2,10,12H2,(H,26,27)/t15-/m1/s1. The number of carboxylic acids is 1. The van der Waals surface area contributed by atoms with Crippen LogP contribution in [0.15, 0.2) is 70.7 Å². The number of benzene rings is 2. The van der Waals surface area contributed by atoms with E-state index in [0.717, 1.165) is 39.5 Å².